The maximum absolute atomic E-state index is 13.5. The van der Waals surface area contributed by atoms with Crippen LogP contribution in [0.2, 0.25) is 0 Å². The molecule has 0 aliphatic rings. The van der Waals surface area contributed by atoms with Gasteiger partial charge < -0.3 is 5.32 Å². The third-order valence-corrected chi connectivity index (χ3v) is 2.66. The van der Waals surface area contributed by atoms with Gasteiger partial charge in [0.15, 0.2) is 0 Å². The smallest absolute Gasteiger partial charge is 0.254 e. The lowest BCUT2D eigenvalue weighted by Crippen LogP contribution is -2.34. The highest BCUT2D eigenvalue weighted by Crippen LogP contribution is 2.14. The third kappa shape index (κ3) is 3.27. The van der Waals surface area contributed by atoms with Crippen molar-refractivity contribution >= 4 is 5.91 Å². The van der Waals surface area contributed by atoms with Crippen LogP contribution >= 0.6 is 0 Å². The van der Waals surface area contributed by atoms with Crippen molar-refractivity contribution in [2.24, 2.45) is 0 Å². The minimum atomic E-state index is -0.901. The zero-order valence-electron chi connectivity index (χ0n) is 10.3. The first kappa shape index (κ1) is 14.1. The second kappa shape index (κ2) is 6.10. The Bertz CT molecular complexity index is 494. The fraction of sp³-hybridized carbons (Fsp3) is 0.385. The Kier molecular flexibility index (Phi) is 4.78. The summed E-state index contributed by atoms with van der Waals surface area (Å²) in [5, 5.41) is 11.1. The highest BCUT2D eigenvalue weighted by Gasteiger charge is 2.17. The van der Waals surface area contributed by atoms with Gasteiger partial charge in [-0.15, -0.1) is 0 Å². The molecule has 1 N–H and O–H groups in total. The van der Waals surface area contributed by atoms with E-state index in [2.05, 4.69) is 5.32 Å². The van der Waals surface area contributed by atoms with Gasteiger partial charge in [0.2, 0.25) is 0 Å². The van der Waals surface area contributed by atoms with E-state index in [4.69, 9.17) is 5.26 Å². The molecule has 0 aromatic heterocycles. The summed E-state index contributed by atoms with van der Waals surface area (Å²) in [6.45, 7) is 3.27. The van der Waals surface area contributed by atoms with E-state index in [9.17, 15) is 13.6 Å². The van der Waals surface area contributed by atoms with Crippen molar-refractivity contribution in [3.8, 4) is 6.07 Å². The maximum atomic E-state index is 13.5. The number of hydrogen-bond acceptors (Lipinski definition) is 2. The van der Waals surface area contributed by atoms with Gasteiger partial charge in [-0.2, -0.15) is 5.26 Å². The summed E-state index contributed by atoms with van der Waals surface area (Å²) in [7, 11) is 0. The lowest BCUT2D eigenvalue weighted by molar-refractivity contribution is 0.0932. The molecule has 0 saturated carbocycles. The van der Waals surface area contributed by atoms with Crippen LogP contribution in [0.4, 0.5) is 8.78 Å². The summed E-state index contributed by atoms with van der Waals surface area (Å²) in [5.74, 6) is -2.21. The topological polar surface area (TPSA) is 52.9 Å². The molecule has 3 nitrogen and oxygen atoms in total. The zero-order valence-corrected chi connectivity index (χ0v) is 10.3. The second-order valence-electron chi connectivity index (χ2n) is 4.02. The van der Waals surface area contributed by atoms with Crippen molar-refractivity contribution in [3.63, 3.8) is 0 Å². The molecule has 0 unspecified atom stereocenters. The van der Waals surface area contributed by atoms with Gasteiger partial charge in [-0.3, -0.25) is 4.79 Å². The molecule has 1 amide bonds. The summed E-state index contributed by atoms with van der Waals surface area (Å²) >= 11 is 0. The van der Waals surface area contributed by atoms with Crippen molar-refractivity contribution in [2.75, 3.05) is 0 Å². The van der Waals surface area contributed by atoms with E-state index in [0.29, 0.717) is 12.5 Å². The van der Waals surface area contributed by atoms with E-state index in [0.717, 1.165) is 0 Å². The number of carbonyl (C=O) groups is 1. The Morgan fingerprint density at radius 2 is 2.11 bits per heavy atom. The Morgan fingerprint density at radius 1 is 1.44 bits per heavy atom. The van der Waals surface area contributed by atoms with Crippen molar-refractivity contribution in [3.05, 3.63) is 34.9 Å². The highest BCUT2D eigenvalue weighted by molar-refractivity contribution is 5.94. The lowest BCUT2D eigenvalue weighted by Gasteiger charge is -2.14. The van der Waals surface area contributed by atoms with Crippen LogP contribution < -0.4 is 5.32 Å². The van der Waals surface area contributed by atoms with Crippen LogP contribution in [0.3, 0.4) is 0 Å². The molecule has 1 aromatic rings. The van der Waals surface area contributed by atoms with Crippen molar-refractivity contribution in [1.82, 2.24) is 5.32 Å². The van der Waals surface area contributed by atoms with E-state index in [1.54, 1.807) is 0 Å². The second-order valence-corrected chi connectivity index (χ2v) is 4.02. The number of hydrogen-bond donors (Lipinski definition) is 1. The van der Waals surface area contributed by atoms with Gasteiger partial charge in [-0.05, 0) is 25.0 Å². The molecule has 0 aliphatic heterocycles. The Hall–Kier alpha value is -1.96. The molecule has 0 fully saturated rings. The molecule has 0 bridgehead atoms. The summed E-state index contributed by atoms with van der Waals surface area (Å²) < 4.78 is 26.5. The number of benzene rings is 1. The average Bonchev–Trinajstić information content (AvgIpc) is 2.33. The quantitative estimate of drug-likeness (QED) is 0.895. The summed E-state index contributed by atoms with van der Waals surface area (Å²) in [6.07, 6.45) is 0.727. The van der Waals surface area contributed by atoms with Gasteiger partial charge in [0.25, 0.3) is 5.91 Å². The number of aryl methyl sites for hydroxylation is 1. The number of carbonyl (C=O) groups excluding carboxylic acids is 1. The van der Waals surface area contributed by atoms with Crippen LogP contribution in [0.5, 0.6) is 0 Å². The Labute approximate surface area is 104 Å². The van der Waals surface area contributed by atoms with E-state index in [1.165, 1.54) is 13.0 Å². The maximum Gasteiger partial charge on any atom is 0.254 e. The molecule has 0 heterocycles. The van der Waals surface area contributed by atoms with Crippen LogP contribution in [-0.2, 0) is 0 Å². The Morgan fingerprint density at radius 3 is 2.67 bits per heavy atom. The molecule has 1 atom stereocenters. The van der Waals surface area contributed by atoms with Crippen LogP contribution in [0, 0.1) is 29.9 Å². The normalized spacial score (nSPS) is 11.7. The number of amides is 1. The number of rotatable bonds is 4. The minimum Gasteiger partial charge on any atom is -0.348 e. The molecule has 1 aromatic carbocycles. The molecule has 5 heteroatoms. The Balaban J connectivity index is 2.91. The van der Waals surface area contributed by atoms with E-state index < -0.39 is 17.5 Å². The van der Waals surface area contributed by atoms with Crippen LogP contribution in [-0.4, -0.2) is 11.9 Å². The van der Waals surface area contributed by atoms with Gasteiger partial charge in [-0.1, -0.05) is 6.92 Å². The van der Waals surface area contributed by atoms with Gasteiger partial charge in [0.1, 0.15) is 11.6 Å². The number of nitriles is 1. The summed E-state index contributed by atoms with van der Waals surface area (Å²) in [4.78, 5) is 11.8. The fourth-order valence-electron chi connectivity index (χ4n) is 1.50. The monoisotopic (exact) mass is 252 g/mol. The van der Waals surface area contributed by atoms with E-state index >= 15 is 0 Å². The minimum absolute atomic E-state index is 0.157. The summed E-state index contributed by atoms with van der Waals surface area (Å²) in [5.41, 5.74) is 0.000159. The van der Waals surface area contributed by atoms with Crippen LogP contribution in [0.1, 0.15) is 35.7 Å². The van der Waals surface area contributed by atoms with Crippen molar-refractivity contribution in [2.45, 2.75) is 32.7 Å². The van der Waals surface area contributed by atoms with E-state index in [1.807, 2.05) is 13.0 Å². The molecular formula is C13H14F2N2O. The molecule has 0 radical (unpaired) electrons. The standard InChI is InChI=1S/C13H14F2N2O/c1-3-9(4-5-16)17-13(18)10-6-8(2)11(14)7-12(10)15/h6-7,9H,3-4H2,1-2H3,(H,17,18)/t9-/m1/s1. The predicted octanol–water partition coefficient (Wildman–Crippen LogP) is 2.70. The van der Waals surface area contributed by atoms with Crippen LogP contribution in [0.15, 0.2) is 12.1 Å². The average molecular weight is 252 g/mol. The predicted molar refractivity (Wildman–Crippen MR) is 62.9 cm³/mol. The SMILES string of the molecule is CC[C@H](CC#N)NC(=O)c1cc(C)c(F)cc1F. The number of halogens is 2. The lowest BCUT2D eigenvalue weighted by atomic mass is 10.1. The number of nitrogens with one attached hydrogen (secondary N) is 1. The van der Waals surface area contributed by atoms with Gasteiger partial charge in [-0.25, -0.2) is 8.78 Å². The first-order chi connectivity index (χ1) is 8.49. The first-order valence-electron chi connectivity index (χ1n) is 5.63. The van der Waals surface area contributed by atoms with Crippen molar-refractivity contribution in [1.29, 1.82) is 5.26 Å². The van der Waals surface area contributed by atoms with Gasteiger partial charge in [0.05, 0.1) is 18.1 Å². The first-order valence-corrected chi connectivity index (χ1v) is 5.63. The number of nitrogens with zero attached hydrogens (tertiary/aromatic N) is 1. The molecule has 0 spiro atoms. The highest BCUT2D eigenvalue weighted by atomic mass is 19.1. The molecule has 96 valence electrons. The molecular weight excluding hydrogens is 238 g/mol. The van der Waals surface area contributed by atoms with E-state index in [-0.39, 0.29) is 23.6 Å². The van der Waals surface area contributed by atoms with Gasteiger partial charge >= 0.3 is 0 Å². The zero-order chi connectivity index (χ0) is 13.7. The fourth-order valence-corrected chi connectivity index (χ4v) is 1.50. The molecule has 1 rings (SSSR count). The molecule has 0 aliphatic carbocycles. The summed E-state index contributed by atoms with van der Waals surface area (Å²) in [6, 6.07) is 3.47. The van der Waals surface area contributed by atoms with Crippen molar-refractivity contribution < 1.29 is 13.6 Å². The third-order valence-electron chi connectivity index (χ3n) is 2.66. The molecule has 18 heavy (non-hydrogen) atoms. The van der Waals surface area contributed by atoms with Crippen LogP contribution in [0.25, 0.3) is 0 Å². The van der Waals surface area contributed by atoms with Gasteiger partial charge in [0, 0.05) is 12.1 Å². The largest absolute Gasteiger partial charge is 0.348 e. The molecule has 0 saturated heterocycles.